The van der Waals surface area contributed by atoms with Gasteiger partial charge in [0.2, 0.25) is 0 Å². The Morgan fingerprint density at radius 1 is 0.846 bits per heavy atom. The minimum absolute atomic E-state index is 0.00810. The third kappa shape index (κ3) is 3.57. The Balaban J connectivity index is 1.97. The minimum atomic E-state index is -3.87. The molecular weight excluding hydrogens is 354 g/mol. The number of sulfonamides is 1. The van der Waals surface area contributed by atoms with Crippen molar-refractivity contribution in [2.75, 3.05) is 4.72 Å². The van der Waals surface area contributed by atoms with E-state index in [1.54, 1.807) is 25.1 Å². The second-order valence-corrected chi connectivity index (χ2v) is 7.52. The van der Waals surface area contributed by atoms with Crippen LogP contribution in [0.3, 0.4) is 0 Å². The quantitative estimate of drug-likeness (QED) is 0.561. The van der Waals surface area contributed by atoms with Crippen LogP contribution in [0.15, 0.2) is 65.6 Å². The van der Waals surface area contributed by atoms with Crippen molar-refractivity contribution in [1.29, 1.82) is 0 Å². The van der Waals surface area contributed by atoms with Gasteiger partial charge in [-0.25, -0.2) is 8.42 Å². The molecule has 3 rings (SSSR count). The molecule has 0 aliphatic heterocycles. The number of anilines is 1. The first-order chi connectivity index (χ1) is 12.3. The lowest BCUT2D eigenvalue weighted by Gasteiger charge is -2.14. The summed E-state index contributed by atoms with van der Waals surface area (Å²) in [6, 6.07) is 14.5. The molecule has 134 valence electrons. The van der Waals surface area contributed by atoms with Crippen LogP contribution >= 0.6 is 0 Å². The smallest absolute Gasteiger partial charge is 0.261 e. The van der Waals surface area contributed by atoms with Crippen LogP contribution in [0.25, 0.3) is 11.1 Å². The lowest BCUT2D eigenvalue weighted by Crippen LogP contribution is -2.13. The summed E-state index contributed by atoms with van der Waals surface area (Å²) < 4.78 is 27.4. The van der Waals surface area contributed by atoms with E-state index in [-0.39, 0.29) is 27.8 Å². The van der Waals surface area contributed by atoms with Crippen molar-refractivity contribution in [3.05, 3.63) is 66.2 Å². The highest BCUT2D eigenvalue weighted by atomic mass is 32.2. The molecule has 0 amide bonds. The number of aromatic hydroxyl groups is 3. The zero-order valence-corrected chi connectivity index (χ0v) is 14.7. The van der Waals surface area contributed by atoms with Crippen LogP contribution in [-0.2, 0) is 10.0 Å². The van der Waals surface area contributed by atoms with E-state index in [0.717, 1.165) is 0 Å². The van der Waals surface area contributed by atoms with E-state index in [9.17, 15) is 23.7 Å². The number of phenolic OH excluding ortho intramolecular Hbond substituents is 3. The molecule has 0 saturated heterocycles. The van der Waals surface area contributed by atoms with Gasteiger partial charge in [-0.1, -0.05) is 12.1 Å². The zero-order valence-electron chi connectivity index (χ0n) is 13.8. The van der Waals surface area contributed by atoms with Crippen molar-refractivity contribution in [3.8, 4) is 28.4 Å². The number of benzene rings is 3. The van der Waals surface area contributed by atoms with E-state index in [0.29, 0.717) is 16.7 Å². The van der Waals surface area contributed by atoms with E-state index in [2.05, 4.69) is 4.72 Å². The standard InChI is InChI=1S/C19H17NO5S/c1-12-9-17(13-3-2-4-15(22)10-13)19(23)11-18(12)20-26(24,25)16-7-5-14(21)6-8-16/h2-11,20-23H,1H3. The molecule has 6 nitrogen and oxygen atoms in total. The van der Waals surface area contributed by atoms with Gasteiger partial charge in [-0.2, -0.15) is 0 Å². The van der Waals surface area contributed by atoms with Crippen molar-refractivity contribution >= 4 is 15.7 Å². The SMILES string of the molecule is Cc1cc(-c2cccc(O)c2)c(O)cc1NS(=O)(=O)c1ccc(O)cc1. The molecule has 0 bridgehead atoms. The molecule has 0 spiro atoms. The van der Waals surface area contributed by atoms with Gasteiger partial charge >= 0.3 is 0 Å². The van der Waals surface area contributed by atoms with Crippen molar-refractivity contribution in [2.24, 2.45) is 0 Å². The van der Waals surface area contributed by atoms with Gasteiger partial charge in [0.1, 0.15) is 17.2 Å². The van der Waals surface area contributed by atoms with Crippen LogP contribution in [0, 0.1) is 6.92 Å². The zero-order chi connectivity index (χ0) is 18.9. The average Bonchev–Trinajstić information content (AvgIpc) is 2.58. The van der Waals surface area contributed by atoms with E-state index < -0.39 is 10.0 Å². The molecule has 0 radical (unpaired) electrons. The maximum Gasteiger partial charge on any atom is 0.261 e. The second kappa shape index (κ2) is 6.61. The van der Waals surface area contributed by atoms with Gasteiger partial charge in [0.15, 0.2) is 0 Å². The van der Waals surface area contributed by atoms with Gasteiger partial charge in [0, 0.05) is 11.6 Å². The first kappa shape index (κ1) is 17.6. The van der Waals surface area contributed by atoms with Gasteiger partial charge in [0.05, 0.1) is 10.6 Å². The van der Waals surface area contributed by atoms with Crippen LogP contribution in [-0.4, -0.2) is 23.7 Å². The summed E-state index contributed by atoms with van der Waals surface area (Å²) in [5.41, 5.74) is 1.92. The summed E-state index contributed by atoms with van der Waals surface area (Å²) in [5, 5.41) is 29.2. The fourth-order valence-electron chi connectivity index (χ4n) is 2.54. The number of rotatable bonds is 4. The number of phenols is 3. The highest BCUT2D eigenvalue weighted by Gasteiger charge is 2.17. The maximum absolute atomic E-state index is 12.5. The number of aryl methyl sites for hydroxylation is 1. The fourth-order valence-corrected chi connectivity index (χ4v) is 3.66. The number of nitrogens with one attached hydrogen (secondary N) is 1. The van der Waals surface area contributed by atoms with Gasteiger partial charge < -0.3 is 15.3 Å². The molecule has 3 aromatic carbocycles. The van der Waals surface area contributed by atoms with Crippen molar-refractivity contribution in [3.63, 3.8) is 0 Å². The summed E-state index contributed by atoms with van der Waals surface area (Å²) in [4.78, 5) is -0.00810. The van der Waals surface area contributed by atoms with Crippen LogP contribution in [0.4, 0.5) is 5.69 Å². The normalized spacial score (nSPS) is 11.3. The number of hydrogen-bond donors (Lipinski definition) is 4. The molecule has 0 fully saturated rings. The van der Waals surface area contributed by atoms with Crippen LogP contribution < -0.4 is 4.72 Å². The third-order valence-corrected chi connectivity index (χ3v) is 5.27. The Morgan fingerprint density at radius 3 is 2.19 bits per heavy atom. The minimum Gasteiger partial charge on any atom is -0.508 e. The Hall–Kier alpha value is -3.19. The van der Waals surface area contributed by atoms with Crippen molar-refractivity contribution < 1.29 is 23.7 Å². The van der Waals surface area contributed by atoms with Crippen LogP contribution in [0.2, 0.25) is 0 Å². The molecule has 7 heteroatoms. The van der Waals surface area contributed by atoms with Crippen molar-refractivity contribution in [2.45, 2.75) is 11.8 Å². The highest BCUT2D eigenvalue weighted by molar-refractivity contribution is 7.92. The van der Waals surface area contributed by atoms with Gasteiger partial charge in [0.25, 0.3) is 10.0 Å². The summed E-state index contributed by atoms with van der Waals surface area (Å²) in [6.45, 7) is 1.71. The Labute approximate surface area is 151 Å². The third-order valence-electron chi connectivity index (χ3n) is 3.89. The molecule has 3 aromatic rings. The second-order valence-electron chi connectivity index (χ2n) is 5.83. The average molecular weight is 371 g/mol. The van der Waals surface area contributed by atoms with Crippen LogP contribution in [0.5, 0.6) is 17.2 Å². The maximum atomic E-state index is 12.5. The Bertz CT molecular complexity index is 1060. The molecule has 0 aromatic heterocycles. The van der Waals surface area contributed by atoms with E-state index >= 15 is 0 Å². The molecule has 0 saturated carbocycles. The van der Waals surface area contributed by atoms with Gasteiger partial charge in [-0.15, -0.1) is 0 Å². The molecule has 0 heterocycles. The molecule has 0 atom stereocenters. The summed E-state index contributed by atoms with van der Waals surface area (Å²) in [5.74, 6) is -0.0884. The van der Waals surface area contributed by atoms with Crippen molar-refractivity contribution in [1.82, 2.24) is 0 Å². The van der Waals surface area contributed by atoms with Gasteiger partial charge in [-0.3, -0.25) is 4.72 Å². The first-order valence-corrected chi connectivity index (χ1v) is 9.19. The Morgan fingerprint density at radius 2 is 1.54 bits per heavy atom. The monoisotopic (exact) mass is 371 g/mol. The summed E-state index contributed by atoms with van der Waals surface area (Å²) in [6.07, 6.45) is 0. The molecule has 26 heavy (non-hydrogen) atoms. The highest BCUT2D eigenvalue weighted by Crippen LogP contribution is 2.36. The topological polar surface area (TPSA) is 107 Å². The predicted molar refractivity (Wildman–Crippen MR) is 98.9 cm³/mol. The van der Waals surface area contributed by atoms with E-state index in [1.165, 1.54) is 42.5 Å². The molecule has 0 unspecified atom stereocenters. The molecule has 4 N–H and O–H groups in total. The summed E-state index contributed by atoms with van der Waals surface area (Å²) in [7, 11) is -3.87. The first-order valence-electron chi connectivity index (χ1n) is 7.71. The number of hydrogen-bond acceptors (Lipinski definition) is 5. The predicted octanol–water partition coefficient (Wildman–Crippen LogP) is 3.58. The lowest BCUT2D eigenvalue weighted by atomic mass is 10.0. The summed E-state index contributed by atoms with van der Waals surface area (Å²) >= 11 is 0. The molecular formula is C19H17NO5S. The van der Waals surface area contributed by atoms with Gasteiger partial charge in [-0.05, 0) is 60.5 Å². The molecule has 0 aliphatic rings. The largest absolute Gasteiger partial charge is 0.508 e. The fraction of sp³-hybridized carbons (Fsp3) is 0.0526. The molecule has 0 aliphatic carbocycles. The Kier molecular flexibility index (Phi) is 4.48. The van der Waals surface area contributed by atoms with Crippen LogP contribution in [0.1, 0.15) is 5.56 Å². The van der Waals surface area contributed by atoms with E-state index in [1.807, 2.05) is 0 Å². The van der Waals surface area contributed by atoms with E-state index in [4.69, 9.17) is 0 Å². The lowest BCUT2D eigenvalue weighted by molar-refractivity contribution is 0.473.